The first kappa shape index (κ1) is 25.3. The zero-order valence-electron chi connectivity index (χ0n) is 18.6. The Hall–Kier alpha value is -3.36. The molecule has 0 amide bonds. The van der Waals surface area contributed by atoms with E-state index in [2.05, 4.69) is 68.6 Å². The Morgan fingerprint density at radius 2 is 1.50 bits per heavy atom. The summed E-state index contributed by atoms with van der Waals surface area (Å²) in [6, 6.07) is 27.4. The number of aliphatic carboxylic acids is 2. The third-order valence-corrected chi connectivity index (χ3v) is 5.80. The lowest BCUT2D eigenvalue weighted by Gasteiger charge is -2.33. The molecule has 0 aromatic heterocycles. The quantitative estimate of drug-likeness (QED) is 0.366. The number of nitrogens with zero attached hydrogens (tertiary/aromatic N) is 1. The number of benzene rings is 3. The maximum Gasteiger partial charge on any atom is 0.414 e. The van der Waals surface area contributed by atoms with Crippen molar-refractivity contribution in [2.75, 3.05) is 18.4 Å². The molecule has 178 valence electrons. The molecule has 1 aliphatic heterocycles. The first-order valence-electron chi connectivity index (χ1n) is 10.9. The first-order valence-corrected chi connectivity index (χ1v) is 11.7. The number of carbonyl (C=O) groups is 2. The minimum absolute atomic E-state index is 0.546. The van der Waals surface area contributed by atoms with E-state index in [1.165, 1.54) is 11.3 Å². The molecule has 34 heavy (non-hydrogen) atoms. The molecule has 0 spiro atoms. The van der Waals surface area contributed by atoms with E-state index in [4.69, 9.17) is 24.5 Å². The monoisotopic (exact) mass is 526 g/mol. The Morgan fingerprint density at radius 1 is 0.882 bits per heavy atom. The Morgan fingerprint density at radius 3 is 2.12 bits per heavy atom. The highest BCUT2D eigenvalue weighted by Gasteiger charge is 2.19. The van der Waals surface area contributed by atoms with Crippen LogP contribution in [0, 0.1) is 0 Å². The number of rotatable bonds is 6. The second kappa shape index (κ2) is 12.8. The van der Waals surface area contributed by atoms with Crippen molar-refractivity contribution in [3.8, 4) is 11.5 Å². The first-order chi connectivity index (χ1) is 16.4. The predicted molar refractivity (Wildman–Crippen MR) is 134 cm³/mol. The van der Waals surface area contributed by atoms with Gasteiger partial charge in [0.15, 0.2) is 0 Å². The maximum atomic E-state index is 9.10. The summed E-state index contributed by atoms with van der Waals surface area (Å²) in [6.07, 6.45) is 2.33. The summed E-state index contributed by atoms with van der Waals surface area (Å²) in [5.74, 6) is -1.88. The smallest absolute Gasteiger partial charge is 0.414 e. The molecule has 3 aromatic carbocycles. The minimum Gasteiger partial charge on any atom is -0.473 e. The Balaban J connectivity index is 0.000000481. The molecule has 1 aliphatic rings. The fourth-order valence-electron chi connectivity index (χ4n) is 3.61. The van der Waals surface area contributed by atoms with Crippen molar-refractivity contribution in [3.63, 3.8) is 0 Å². The highest BCUT2D eigenvalue weighted by molar-refractivity contribution is 9.10. The van der Waals surface area contributed by atoms with Gasteiger partial charge in [-0.05, 0) is 66.9 Å². The Kier molecular flexibility index (Phi) is 9.49. The van der Waals surface area contributed by atoms with Crippen LogP contribution in [0.25, 0.3) is 0 Å². The standard InChI is InChI=1S/C24H25BrN2O.C2H2O4/c25-20-9-11-21(12-10-20)26-22-13-15-27(16-14-22)18-19-5-4-8-24(17-19)28-23-6-2-1-3-7-23;3-1(4)2(5)6/h1-12,17,22,26H,13-16,18H2;(H,3,4)(H,5,6). The largest absolute Gasteiger partial charge is 0.473 e. The number of hydrogen-bond acceptors (Lipinski definition) is 5. The van der Waals surface area contributed by atoms with Gasteiger partial charge in [0.05, 0.1) is 0 Å². The van der Waals surface area contributed by atoms with Gasteiger partial charge in [-0.1, -0.05) is 46.3 Å². The normalized spacial score (nSPS) is 13.9. The Bertz CT molecular complexity index is 1060. The van der Waals surface area contributed by atoms with Crippen molar-refractivity contribution in [2.45, 2.75) is 25.4 Å². The van der Waals surface area contributed by atoms with Crippen LogP contribution in [0.3, 0.4) is 0 Å². The van der Waals surface area contributed by atoms with Gasteiger partial charge >= 0.3 is 11.9 Å². The highest BCUT2D eigenvalue weighted by Crippen LogP contribution is 2.24. The van der Waals surface area contributed by atoms with Crippen molar-refractivity contribution < 1.29 is 24.5 Å². The SMILES string of the molecule is Brc1ccc(NC2CCN(Cc3cccc(Oc4ccccc4)c3)CC2)cc1.O=C(O)C(=O)O. The van der Waals surface area contributed by atoms with E-state index in [-0.39, 0.29) is 0 Å². The summed E-state index contributed by atoms with van der Waals surface area (Å²) in [4.78, 5) is 20.7. The van der Waals surface area contributed by atoms with Gasteiger partial charge in [0.2, 0.25) is 0 Å². The number of para-hydroxylation sites is 1. The van der Waals surface area contributed by atoms with Crippen LogP contribution >= 0.6 is 15.9 Å². The number of likely N-dealkylation sites (tertiary alicyclic amines) is 1. The molecular weight excluding hydrogens is 500 g/mol. The van der Waals surface area contributed by atoms with Crippen LogP contribution in [0.4, 0.5) is 5.69 Å². The number of halogens is 1. The zero-order chi connectivity index (χ0) is 24.3. The average Bonchev–Trinajstić information content (AvgIpc) is 2.83. The summed E-state index contributed by atoms with van der Waals surface area (Å²) in [7, 11) is 0. The van der Waals surface area contributed by atoms with Gasteiger partial charge in [-0.2, -0.15) is 0 Å². The second-order valence-corrected chi connectivity index (χ2v) is 8.79. The molecule has 7 nitrogen and oxygen atoms in total. The van der Waals surface area contributed by atoms with Crippen LogP contribution in [-0.2, 0) is 16.1 Å². The molecule has 1 fully saturated rings. The molecule has 0 bridgehead atoms. The van der Waals surface area contributed by atoms with E-state index in [0.717, 1.165) is 48.4 Å². The molecule has 0 unspecified atom stereocenters. The van der Waals surface area contributed by atoms with Crippen molar-refractivity contribution in [1.29, 1.82) is 0 Å². The van der Waals surface area contributed by atoms with Gasteiger partial charge in [-0.3, -0.25) is 4.90 Å². The lowest BCUT2D eigenvalue weighted by atomic mass is 10.0. The summed E-state index contributed by atoms with van der Waals surface area (Å²) >= 11 is 3.49. The van der Waals surface area contributed by atoms with E-state index in [1.54, 1.807) is 0 Å². The highest BCUT2D eigenvalue weighted by atomic mass is 79.9. The number of hydrogen-bond donors (Lipinski definition) is 3. The predicted octanol–water partition coefficient (Wildman–Crippen LogP) is 5.47. The fourth-order valence-corrected chi connectivity index (χ4v) is 3.87. The molecule has 4 rings (SSSR count). The average molecular weight is 527 g/mol. The van der Waals surface area contributed by atoms with E-state index < -0.39 is 11.9 Å². The molecule has 0 aliphatic carbocycles. The molecule has 3 aromatic rings. The van der Waals surface area contributed by atoms with Gasteiger partial charge in [0, 0.05) is 35.8 Å². The number of carboxylic acid groups (broad SMARTS) is 2. The second-order valence-electron chi connectivity index (χ2n) is 7.87. The van der Waals surface area contributed by atoms with Crippen LogP contribution in [0.5, 0.6) is 11.5 Å². The maximum absolute atomic E-state index is 9.10. The molecule has 1 saturated heterocycles. The van der Waals surface area contributed by atoms with Gasteiger partial charge in [0.1, 0.15) is 11.5 Å². The number of ether oxygens (including phenoxy) is 1. The summed E-state index contributed by atoms with van der Waals surface area (Å²) in [5.41, 5.74) is 2.50. The molecule has 0 radical (unpaired) electrons. The van der Waals surface area contributed by atoms with Gasteiger partial charge in [0.25, 0.3) is 0 Å². The Labute approximate surface area is 207 Å². The van der Waals surface area contributed by atoms with E-state index >= 15 is 0 Å². The van der Waals surface area contributed by atoms with Crippen molar-refractivity contribution in [3.05, 3.63) is 88.9 Å². The molecule has 3 N–H and O–H groups in total. The number of piperidine rings is 1. The number of carboxylic acids is 2. The van der Waals surface area contributed by atoms with Crippen molar-refractivity contribution in [1.82, 2.24) is 4.90 Å². The van der Waals surface area contributed by atoms with Gasteiger partial charge in [-0.25, -0.2) is 9.59 Å². The molecule has 0 saturated carbocycles. The van der Waals surface area contributed by atoms with Crippen LogP contribution in [-0.4, -0.2) is 46.2 Å². The summed E-state index contributed by atoms with van der Waals surface area (Å²) in [6.45, 7) is 3.19. The third-order valence-electron chi connectivity index (χ3n) is 5.27. The van der Waals surface area contributed by atoms with Gasteiger partial charge in [-0.15, -0.1) is 0 Å². The van der Waals surface area contributed by atoms with Crippen LogP contribution in [0.1, 0.15) is 18.4 Å². The molecule has 0 atom stereocenters. The molecule has 1 heterocycles. The topological polar surface area (TPSA) is 99.1 Å². The molecular formula is C26H27BrN2O5. The molecule has 8 heteroatoms. The summed E-state index contributed by atoms with van der Waals surface area (Å²) < 4.78 is 7.09. The van der Waals surface area contributed by atoms with Crippen LogP contribution in [0.2, 0.25) is 0 Å². The van der Waals surface area contributed by atoms with Crippen molar-refractivity contribution >= 4 is 33.6 Å². The van der Waals surface area contributed by atoms with Gasteiger partial charge < -0.3 is 20.3 Å². The lowest BCUT2D eigenvalue weighted by Crippen LogP contribution is -2.38. The van der Waals surface area contributed by atoms with Crippen LogP contribution < -0.4 is 10.1 Å². The van der Waals surface area contributed by atoms with Crippen LogP contribution in [0.15, 0.2) is 83.3 Å². The van der Waals surface area contributed by atoms with E-state index in [1.807, 2.05) is 36.4 Å². The fraction of sp³-hybridized carbons (Fsp3) is 0.231. The number of nitrogens with one attached hydrogen (secondary N) is 1. The zero-order valence-corrected chi connectivity index (χ0v) is 20.1. The third kappa shape index (κ3) is 8.53. The summed E-state index contributed by atoms with van der Waals surface area (Å²) in [5, 5.41) is 18.4. The lowest BCUT2D eigenvalue weighted by molar-refractivity contribution is -0.159. The van der Waals surface area contributed by atoms with E-state index in [0.29, 0.717) is 6.04 Å². The van der Waals surface area contributed by atoms with E-state index in [9.17, 15) is 0 Å². The number of anilines is 1. The van der Waals surface area contributed by atoms with Crippen molar-refractivity contribution in [2.24, 2.45) is 0 Å². The minimum atomic E-state index is -1.82.